The van der Waals surface area contributed by atoms with Crippen LogP contribution in [0.3, 0.4) is 0 Å². The van der Waals surface area contributed by atoms with Crippen LogP contribution in [0, 0.1) is 5.92 Å². The van der Waals surface area contributed by atoms with Gasteiger partial charge in [-0.3, -0.25) is 9.48 Å². The van der Waals surface area contributed by atoms with Crippen LogP contribution in [0.1, 0.15) is 47.1 Å². The molecule has 4 nitrogen and oxygen atoms in total. The second-order valence-electron chi connectivity index (χ2n) is 8.99. The molecule has 3 aromatic carbocycles. The van der Waals surface area contributed by atoms with Gasteiger partial charge in [-0.15, -0.1) is 0 Å². The summed E-state index contributed by atoms with van der Waals surface area (Å²) in [6.45, 7) is 2.31. The minimum Gasteiger partial charge on any atom is -0.426 e. The summed E-state index contributed by atoms with van der Waals surface area (Å²) in [5.41, 5.74) is 5.96. The Morgan fingerprint density at radius 3 is 2.65 bits per heavy atom. The van der Waals surface area contributed by atoms with Crippen molar-refractivity contribution in [2.24, 2.45) is 5.92 Å². The van der Waals surface area contributed by atoms with Gasteiger partial charge in [-0.05, 0) is 65.6 Å². The fourth-order valence-corrected chi connectivity index (χ4v) is 5.25. The highest BCUT2D eigenvalue weighted by Gasteiger charge is 2.24. The molecule has 4 aromatic rings. The van der Waals surface area contributed by atoms with Gasteiger partial charge in [0.1, 0.15) is 5.75 Å². The molecule has 0 radical (unpaired) electrons. The van der Waals surface area contributed by atoms with Crippen molar-refractivity contribution in [3.63, 3.8) is 0 Å². The topological polar surface area (TPSA) is 44.1 Å². The number of rotatable bonds is 6. The molecule has 0 fully saturated rings. The summed E-state index contributed by atoms with van der Waals surface area (Å²) in [7, 11) is 0. The van der Waals surface area contributed by atoms with Gasteiger partial charge < -0.3 is 4.74 Å². The van der Waals surface area contributed by atoms with Gasteiger partial charge in [0.15, 0.2) is 0 Å². The number of aromatic nitrogens is 2. The first-order chi connectivity index (χ1) is 16.6. The number of ether oxygens (including phenoxy) is 1. The van der Waals surface area contributed by atoms with Gasteiger partial charge in [-0.25, -0.2) is 0 Å². The molecule has 1 aromatic heterocycles. The van der Waals surface area contributed by atoms with Gasteiger partial charge in [0, 0.05) is 36.2 Å². The van der Waals surface area contributed by atoms with Crippen LogP contribution in [0.25, 0.3) is 0 Å². The summed E-state index contributed by atoms with van der Waals surface area (Å²) < 4.78 is 7.49. The lowest BCUT2D eigenvalue weighted by Crippen LogP contribution is -2.20. The number of carbonyl (C=O) groups is 1. The first-order valence-corrected chi connectivity index (χ1v) is 12.1. The van der Waals surface area contributed by atoms with E-state index in [2.05, 4.69) is 47.3 Å². The zero-order valence-electron chi connectivity index (χ0n) is 19.2. The van der Waals surface area contributed by atoms with Gasteiger partial charge in [0.2, 0.25) is 0 Å². The molecule has 0 saturated carbocycles. The smallest absolute Gasteiger partial charge is 0.308 e. The minimum atomic E-state index is -0.271. The molecule has 2 atom stereocenters. The minimum absolute atomic E-state index is 0.0759. The second-order valence-corrected chi connectivity index (χ2v) is 9.43. The highest BCUT2D eigenvalue weighted by Crippen LogP contribution is 2.35. The molecular formula is C29H27ClN2O2. The molecule has 0 aliphatic heterocycles. The van der Waals surface area contributed by atoms with E-state index in [9.17, 15) is 4.79 Å². The van der Waals surface area contributed by atoms with Crippen LogP contribution in [-0.4, -0.2) is 15.7 Å². The molecule has 1 aliphatic carbocycles. The Balaban J connectivity index is 1.37. The highest BCUT2D eigenvalue weighted by atomic mass is 35.5. The summed E-state index contributed by atoms with van der Waals surface area (Å²) >= 11 is 6.33. The van der Waals surface area contributed by atoms with Gasteiger partial charge in [0.25, 0.3) is 0 Å². The summed E-state index contributed by atoms with van der Waals surface area (Å²) in [6.07, 6.45) is 7.05. The summed E-state index contributed by atoms with van der Waals surface area (Å²) in [6, 6.07) is 24.6. The molecule has 2 unspecified atom stereocenters. The number of esters is 1. The summed E-state index contributed by atoms with van der Waals surface area (Å²) in [5, 5.41) is 5.47. The first kappa shape index (κ1) is 22.4. The largest absolute Gasteiger partial charge is 0.426 e. The highest BCUT2D eigenvalue weighted by molar-refractivity contribution is 6.30. The Labute approximate surface area is 205 Å². The van der Waals surface area contributed by atoms with Crippen LogP contribution in [0.2, 0.25) is 5.02 Å². The SMILES string of the molecule is CC(=O)Oc1cccc2c1CCC(Cn1cc(C(c3ccccc3)c3cccc(Cl)c3)cn1)C2. The van der Waals surface area contributed by atoms with Crippen molar-refractivity contribution in [2.75, 3.05) is 0 Å². The maximum atomic E-state index is 11.4. The molecule has 5 rings (SSSR count). The molecule has 0 spiro atoms. The van der Waals surface area contributed by atoms with Crippen molar-refractivity contribution in [2.45, 2.75) is 38.6 Å². The average Bonchev–Trinajstić information content (AvgIpc) is 3.27. The van der Waals surface area contributed by atoms with Crippen LogP contribution in [0.5, 0.6) is 5.75 Å². The fraction of sp³-hybridized carbons (Fsp3) is 0.241. The Hall–Kier alpha value is -3.37. The number of nitrogens with zero attached hydrogens (tertiary/aromatic N) is 2. The second kappa shape index (κ2) is 9.86. The Bertz CT molecular complexity index is 1300. The average molecular weight is 471 g/mol. The zero-order chi connectivity index (χ0) is 23.5. The predicted octanol–water partition coefficient (Wildman–Crippen LogP) is 6.45. The fourth-order valence-electron chi connectivity index (χ4n) is 5.06. The lowest BCUT2D eigenvalue weighted by Gasteiger charge is -2.26. The monoisotopic (exact) mass is 470 g/mol. The van der Waals surface area contributed by atoms with Crippen molar-refractivity contribution in [3.05, 3.63) is 118 Å². The van der Waals surface area contributed by atoms with Crippen LogP contribution >= 0.6 is 11.6 Å². The van der Waals surface area contributed by atoms with E-state index < -0.39 is 0 Å². The molecule has 1 aliphatic rings. The number of halogens is 1. The van der Waals surface area contributed by atoms with Crippen LogP contribution < -0.4 is 4.74 Å². The van der Waals surface area contributed by atoms with E-state index in [-0.39, 0.29) is 11.9 Å². The first-order valence-electron chi connectivity index (χ1n) is 11.7. The normalized spacial score (nSPS) is 16.0. The Morgan fingerprint density at radius 2 is 1.85 bits per heavy atom. The number of hydrogen-bond acceptors (Lipinski definition) is 3. The molecule has 34 heavy (non-hydrogen) atoms. The molecule has 0 saturated heterocycles. The van der Waals surface area contributed by atoms with Crippen LogP contribution in [0.15, 0.2) is 85.2 Å². The summed E-state index contributed by atoms with van der Waals surface area (Å²) in [4.78, 5) is 11.4. The van der Waals surface area contributed by atoms with E-state index in [1.807, 2.05) is 42.6 Å². The van der Waals surface area contributed by atoms with Gasteiger partial charge >= 0.3 is 5.97 Å². The van der Waals surface area contributed by atoms with Crippen molar-refractivity contribution < 1.29 is 9.53 Å². The van der Waals surface area contributed by atoms with E-state index in [0.29, 0.717) is 11.7 Å². The lowest BCUT2D eigenvalue weighted by atomic mass is 9.83. The van der Waals surface area contributed by atoms with E-state index in [0.717, 1.165) is 42.0 Å². The van der Waals surface area contributed by atoms with E-state index >= 15 is 0 Å². The standard InChI is InChI=1S/C29H27ClN2O2/c1-20(33)34-28-12-6-9-23-15-21(13-14-27(23)28)18-32-19-25(17-31-32)29(22-7-3-2-4-8-22)24-10-5-11-26(30)16-24/h2-12,16-17,19,21,29H,13-15,18H2,1H3. The zero-order valence-corrected chi connectivity index (χ0v) is 19.9. The van der Waals surface area contributed by atoms with Crippen molar-refractivity contribution in [1.82, 2.24) is 9.78 Å². The quantitative estimate of drug-likeness (QED) is 0.240. The van der Waals surface area contributed by atoms with Crippen molar-refractivity contribution >= 4 is 17.6 Å². The summed E-state index contributed by atoms with van der Waals surface area (Å²) in [5.74, 6) is 0.991. The van der Waals surface area contributed by atoms with Gasteiger partial charge in [-0.1, -0.05) is 66.2 Å². The molecule has 0 amide bonds. The lowest BCUT2D eigenvalue weighted by molar-refractivity contribution is -0.131. The van der Waals surface area contributed by atoms with Gasteiger partial charge in [-0.2, -0.15) is 5.10 Å². The van der Waals surface area contributed by atoms with E-state index in [4.69, 9.17) is 21.4 Å². The van der Waals surface area contributed by atoms with Crippen molar-refractivity contribution in [3.8, 4) is 5.75 Å². The van der Waals surface area contributed by atoms with Crippen LogP contribution in [-0.2, 0) is 24.2 Å². The van der Waals surface area contributed by atoms with Gasteiger partial charge in [0.05, 0.1) is 6.20 Å². The molecular weight excluding hydrogens is 444 g/mol. The molecule has 1 heterocycles. The number of fused-ring (bicyclic) bond motifs is 1. The van der Waals surface area contributed by atoms with E-state index in [1.165, 1.54) is 23.6 Å². The van der Waals surface area contributed by atoms with Crippen molar-refractivity contribution in [1.29, 1.82) is 0 Å². The molecule has 172 valence electrons. The molecule has 5 heteroatoms. The third-order valence-corrected chi connectivity index (χ3v) is 6.78. The van der Waals surface area contributed by atoms with Crippen LogP contribution in [0.4, 0.5) is 0 Å². The maximum absolute atomic E-state index is 11.4. The number of hydrogen-bond donors (Lipinski definition) is 0. The Morgan fingerprint density at radius 1 is 1.06 bits per heavy atom. The molecule has 0 bridgehead atoms. The molecule has 0 N–H and O–H groups in total. The predicted molar refractivity (Wildman–Crippen MR) is 134 cm³/mol. The third kappa shape index (κ3) is 4.92. The number of benzene rings is 3. The maximum Gasteiger partial charge on any atom is 0.308 e. The Kier molecular flexibility index (Phi) is 6.50. The third-order valence-electron chi connectivity index (χ3n) is 6.54. The number of carbonyl (C=O) groups excluding carboxylic acids is 1. The van der Waals surface area contributed by atoms with E-state index in [1.54, 1.807) is 0 Å².